The summed E-state index contributed by atoms with van der Waals surface area (Å²) in [5, 5.41) is 0. The minimum absolute atomic E-state index is 0.427. The molecule has 1 saturated carbocycles. The third-order valence-corrected chi connectivity index (χ3v) is 5.35. The van der Waals surface area contributed by atoms with Gasteiger partial charge in [-0.25, -0.2) is 8.78 Å². The predicted octanol–water partition coefficient (Wildman–Crippen LogP) is 4.27. The lowest BCUT2D eigenvalue weighted by Crippen LogP contribution is -2.52. The molecule has 1 aliphatic heterocycles. The fourth-order valence-electron chi connectivity index (χ4n) is 3.88. The van der Waals surface area contributed by atoms with Crippen LogP contribution in [0.2, 0.25) is 0 Å². The van der Waals surface area contributed by atoms with E-state index in [1.165, 1.54) is 51.8 Å². The Morgan fingerprint density at radius 2 is 1.96 bits per heavy atom. The van der Waals surface area contributed by atoms with Gasteiger partial charge in [-0.2, -0.15) is 0 Å². The normalized spacial score (nSPS) is 26.7. The first-order chi connectivity index (χ1) is 11.5. The van der Waals surface area contributed by atoms with E-state index in [-0.39, 0.29) is 0 Å². The number of hydrogen-bond donors (Lipinski definition) is 0. The second-order valence-corrected chi connectivity index (χ2v) is 7.09. The highest BCUT2D eigenvalue weighted by atomic mass is 19.2. The number of allylic oxidation sites excluding steroid dienone is 2. The fourth-order valence-corrected chi connectivity index (χ4v) is 3.88. The van der Waals surface area contributed by atoms with Crippen LogP contribution in [-0.2, 0) is 4.74 Å². The lowest BCUT2D eigenvalue weighted by molar-refractivity contribution is 0.00856. The number of ether oxygens (including phenoxy) is 1. The van der Waals surface area contributed by atoms with Crippen molar-refractivity contribution in [3.8, 4) is 0 Å². The summed E-state index contributed by atoms with van der Waals surface area (Å²) >= 11 is 0. The van der Waals surface area contributed by atoms with Crippen LogP contribution in [0.15, 0.2) is 23.7 Å². The van der Waals surface area contributed by atoms with Crippen molar-refractivity contribution in [1.29, 1.82) is 0 Å². The van der Waals surface area contributed by atoms with Crippen molar-refractivity contribution >= 4 is 0 Å². The van der Waals surface area contributed by atoms with E-state index in [2.05, 4.69) is 21.5 Å². The molecule has 0 radical (unpaired) electrons. The van der Waals surface area contributed by atoms with Crippen molar-refractivity contribution < 1.29 is 13.5 Å². The SMILES string of the molecule is C/C=C(\C=C(\F)C(F)OC)N1CCN(CC2CCCCC2)[C@H](C)C1. The number of nitrogens with zero attached hydrogens (tertiary/aromatic N) is 2. The summed E-state index contributed by atoms with van der Waals surface area (Å²) in [5.41, 5.74) is 0.733. The number of rotatable bonds is 6. The zero-order chi connectivity index (χ0) is 17.5. The Morgan fingerprint density at radius 3 is 2.54 bits per heavy atom. The van der Waals surface area contributed by atoms with Gasteiger partial charge in [0.05, 0.1) is 0 Å². The molecule has 0 aromatic rings. The van der Waals surface area contributed by atoms with E-state index >= 15 is 0 Å². The standard InChI is InChI=1S/C19H32F2N2O/c1-4-17(12-18(20)19(21)24-3)23-11-10-22(15(2)13-23)14-16-8-6-5-7-9-16/h4,12,15-16,19H,5-11,13-14H2,1-3H3/b17-4+,18-12+/t15-,19?/m1/s1. The molecule has 1 aliphatic carbocycles. The van der Waals surface area contributed by atoms with Crippen molar-refractivity contribution in [3.63, 3.8) is 0 Å². The van der Waals surface area contributed by atoms with Gasteiger partial charge in [0.15, 0.2) is 5.83 Å². The van der Waals surface area contributed by atoms with Crippen LogP contribution in [0.25, 0.3) is 0 Å². The molecule has 2 atom stereocenters. The third-order valence-electron chi connectivity index (χ3n) is 5.35. The first-order valence-electron chi connectivity index (χ1n) is 9.24. The van der Waals surface area contributed by atoms with Crippen LogP contribution < -0.4 is 0 Å². The van der Waals surface area contributed by atoms with Gasteiger partial charge in [0, 0.05) is 45.0 Å². The van der Waals surface area contributed by atoms with Crippen LogP contribution in [0, 0.1) is 5.92 Å². The highest BCUT2D eigenvalue weighted by Crippen LogP contribution is 2.26. The van der Waals surface area contributed by atoms with Gasteiger partial charge >= 0.3 is 0 Å². The molecule has 2 rings (SSSR count). The maximum absolute atomic E-state index is 13.8. The molecule has 0 bridgehead atoms. The first kappa shape index (κ1) is 19.4. The molecule has 3 nitrogen and oxygen atoms in total. The number of piperazine rings is 1. The van der Waals surface area contributed by atoms with Crippen LogP contribution in [0.5, 0.6) is 0 Å². The summed E-state index contributed by atoms with van der Waals surface area (Å²) in [4.78, 5) is 4.71. The van der Waals surface area contributed by atoms with Crippen molar-refractivity contribution in [1.82, 2.24) is 9.80 Å². The van der Waals surface area contributed by atoms with E-state index in [0.717, 1.165) is 31.2 Å². The van der Waals surface area contributed by atoms with E-state index in [4.69, 9.17) is 0 Å². The molecule has 2 aliphatic rings. The number of hydrogen-bond acceptors (Lipinski definition) is 3. The Bertz CT molecular complexity index is 447. The second kappa shape index (κ2) is 9.52. The van der Waals surface area contributed by atoms with Crippen molar-refractivity contribution in [2.75, 3.05) is 33.3 Å². The van der Waals surface area contributed by atoms with Crippen LogP contribution in [-0.4, -0.2) is 55.5 Å². The molecule has 1 heterocycles. The van der Waals surface area contributed by atoms with Crippen molar-refractivity contribution in [2.45, 2.75) is 58.4 Å². The van der Waals surface area contributed by atoms with Crippen LogP contribution in [0.4, 0.5) is 8.78 Å². The molecular weight excluding hydrogens is 310 g/mol. The van der Waals surface area contributed by atoms with Crippen LogP contribution >= 0.6 is 0 Å². The van der Waals surface area contributed by atoms with E-state index in [0.29, 0.717) is 6.04 Å². The van der Waals surface area contributed by atoms with Gasteiger partial charge in [-0.15, -0.1) is 0 Å². The van der Waals surface area contributed by atoms with Gasteiger partial charge in [-0.05, 0) is 38.7 Å². The van der Waals surface area contributed by atoms with E-state index < -0.39 is 12.2 Å². The molecular formula is C19H32F2N2O. The zero-order valence-corrected chi connectivity index (χ0v) is 15.3. The Balaban J connectivity index is 1.91. The van der Waals surface area contributed by atoms with E-state index in [1.807, 2.05) is 13.0 Å². The molecule has 0 amide bonds. The van der Waals surface area contributed by atoms with Gasteiger partial charge in [-0.1, -0.05) is 25.3 Å². The molecule has 1 saturated heterocycles. The third kappa shape index (κ3) is 5.28. The topological polar surface area (TPSA) is 15.7 Å². The largest absolute Gasteiger partial charge is 0.369 e. The molecule has 0 N–H and O–H groups in total. The molecule has 138 valence electrons. The number of halogens is 2. The second-order valence-electron chi connectivity index (χ2n) is 7.09. The Kier molecular flexibility index (Phi) is 7.69. The van der Waals surface area contributed by atoms with Crippen molar-refractivity contribution in [3.05, 3.63) is 23.7 Å². The van der Waals surface area contributed by atoms with Crippen molar-refractivity contribution in [2.24, 2.45) is 5.92 Å². The summed E-state index contributed by atoms with van der Waals surface area (Å²) in [6.45, 7) is 7.95. The van der Waals surface area contributed by atoms with E-state index in [9.17, 15) is 8.78 Å². The molecule has 0 aromatic heterocycles. The van der Waals surface area contributed by atoms with Crippen LogP contribution in [0.3, 0.4) is 0 Å². The average Bonchev–Trinajstić information content (AvgIpc) is 2.61. The maximum Gasteiger partial charge on any atom is 0.251 e. The van der Waals surface area contributed by atoms with Gasteiger partial charge in [0.2, 0.25) is 0 Å². The van der Waals surface area contributed by atoms with E-state index in [1.54, 1.807) is 0 Å². The smallest absolute Gasteiger partial charge is 0.251 e. The minimum Gasteiger partial charge on any atom is -0.369 e. The maximum atomic E-state index is 13.8. The summed E-state index contributed by atoms with van der Waals surface area (Å²) < 4.78 is 31.4. The minimum atomic E-state index is -1.98. The van der Waals surface area contributed by atoms with Gasteiger partial charge in [0.1, 0.15) is 0 Å². The lowest BCUT2D eigenvalue weighted by Gasteiger charge is -2.43. The summed E-state index contributed by atoms with van der Waals surface area (Å²) in [7, 11) is 1.17. The molecule has 24 heavy (non-hydrogen) atoms. The molecule has 0 aromatic carbocycles. The quantitative estimate of drug-likeness (QED) is 0.670. The Morgan fingerprint density at radius 1 is 1.25 bits per heavy atom. The number of alkyl halides is 1. The average molecular weight is 342 g/mol. The number of methoxy groups -OCH3 is 1. The molecule has 5 heteroatoms. The van der Waals surface area contributed by atoms with Gasteiger partial charge in [-0.3, -0.25) is 4.90 Å². The monoisotopic (exact) mass is 342 g/mol. The highest BCUT2D eigenvalue weighted by molar-refractivity contribution is 5.21. The highest BCUT2D eigenvalue weighted by Gasteiger charge is 2.27. The summed E-state index contributed by atoms with van der Waals surface area (Å²) in [5.74, 6) is -0.0387. The summed E-state index contributed by atoms with van der Waals surface area (Å²) in [6, 6.07) is 0.427. The van der Waals surface area contributed by atoms with Crippen LogP contribution in [0.1, 0.15) is 46.0 Å². The van der Waals surface area contributed by atoms with Gasteiger partial charge < -0.3 is 9.64 Å². The fraction of sp³-hybridized carbons (Fsp3) is 0.789. The van der Waals surface area contributed by atoms with Gasteiger partial charge in [0.25, 0.3) is 6.36 Å². The predicted molar refractivity (Wildman–Crippen MR) is 94.0 cm³/mol. The summed E-state index contributed by atoms with van der Waals surface area (Å²) in [6.07, 6.45) is 7.96. The Hall–Kier alpha value is -0.940. The molecule has 2 fully saturated rings. The molecule has 1 unspecified atom stereocenters. The first-order valence-corrected chi connectivity index (χ1v) is 9.24. The lowest BCUT2D eigenvalue weighted by atomic mass is 9.88. The molecule has 0 spiro atoms. The Labute approximate surface area is 145 Å². The zero-order valence-electron chi connectivity index (χ0n) is 15.3.